The molecule has 13 N–H and O–H groups in total. The lowest BCUT2D eigenvalue weighted by Gasteiger charge is -2.77. The van der Waals surface area contributed by atoms with Crippen molar-refractivity contribution in [3.63, 3.8) is 0 Å². The molecule has 434 valence electrons. The van der Waals surface area contributed by atoms with Crippen LogP contribution >= 0.6 is 0 Å². The van der Waals surface area contributed by atoms with E-state index in [1.807, 2.05) is 13.1 Å². The van der Waals surface area contributed by atoms with Gasteiger partial charge in [0.25, 0.3) is 0 Å². The van der Waals surface area contributed by atoms with Crippen molar-refractivity contribution in [2.45, 2.75) is 211 Å². The topological polar surface area (TPSA) is 310 Å². The van der Waals surface area contributed by atoms with Gasteiger partial charge in [0, 0.05) is 47.8 Å². The predicted octanol–water partition coefficient (Wildman–Crippen LogP) is 5.22. The van der Waals surface area contributed by atoms with Crippen LogP contribution in [0.4, 0.5) is 0 Å². The Kier molecular flexibility index (Phi) is 15.1. The molecule has 21 atom stereocenters. The third kappa shape index (κ3) is 8.42. The number of rotatable bonds is 15. The highest BCUT2D eigenvalue weighted by molar-refractivity contribution is 5.86. The second-order valence-electron chi connectivity index (χ2n) is 27.9. The molecule has 1 spiro atoms. The first-order valence-electron chi connectivity index (χ1n) is 30.0. The number of hydrogen-bond acceptors (Lipinski definition) is 14. The van der Waals surface area contributed by atoms with Crippen molar-refractivity contribution in [2.24, 2.45) is 85.1 Å². The third-order valence-corrected chi connectivity index (χ3v) is 24.7. The zero-order valence-electron chi connectivity index (χ0n) is 46.6. The van der Waals surface area contributed by atoms with Gasteiger partial charge in [-0.25, -0.2) is 9.97 Å². The number of nitrogens with one attached hydrogen (secondary N) is 3. The third-order valence-electron chi connectivity index (χ3n) is 24.7. The maximum atomic E-state index is 15.2. The van der Waals surface area contributed by atoms with Gasteiger partial charge in [-0.15, -0.1) is 0 Å². The Balaban J connectivity index is 1.14. The van der Waals surface area contributed by atoms with Crippen LogP contribution in [0.2, 0.25) is 0 Å². The van der Waals surface area contributed by atoms with Gasteiger partial charge in [0.1, 0.15) is 24.5 Å². The van der Waals surface area contributed by atoms with Crippen molar-refractivity contribution in [2.75, 3.05) is 19.8 Å². The number of nitrogens with two attached hydrogens (primary N) is 1. The van der Waals surface area contributed by atoms with Crippen LogP contribution in [0, 0.1) is 79.3 Å². The SMILES string of the molecule is C[C@]1(CO)CC[C@]2(C(=O)O)C[C@H](Cc3cnc[nH]3)[C@]3(C)C(=CC[C@@H]4[C@@]5(C6CCCCC6)[C@H](C[C@H]6[C@@H]([C@H](CC[C@@H](N)O)c7cnc[nH]7)NC(=O)C67CCCC7)[C@@H](O)[C@@H](O[C@@H]6OC[C@@H](O)[C@H](O)[C@H]6O)[C@@](C)(CO)[C@H]5CC[C@]43C)[C@@H]2C1. The molecule has 0 radical (unpaired) electrons. The molecule has 0 unspecified atom stereocenters. The lowest BCUT2D eigenvalue weighted by atomic mass is 9.28. The predicted molar refractivity (Wildman–Crippen MR) is 286 cm³/mol. The number of aromatic nitrogens is 4. The summed E-state index contributed by atoms with van der Waals surface area (Å²) in [5, 5.41) is 96.7. The zero-order valence-corrected chi connectivity index (χ0v) is 46.6. The number of imidazole rings is 2. The monoisotopic (exact) mass is 1090 g/mol. The van der Waals surface area contributed by atoms with Crippen LogP contribution in [-0.4, -0.2) is 142 Å². The number of aromatic amines is 2. The number of allylic oxidation sites excluding steroid dienone is 2. The maximum Gasteiger partial charge on any atom is 0.310 e. The van der Waals surface area contributed by atoms with Crippen molar-refractivity contribution in [3.05, 3.63) is 48.1 Å². The minimum Gasteiger partial charge on any atom is -0.481 e. The molecule has 2 aromatic rings. The lowest BCUT2D eigenvalue weighted by Crippen LogP contribution is -2.75. The Labute approximate surface area is 459 Å². The molecule has 18 heteroatoms. The van der Waals surface area contributed by atoms with E-state index in [0.29, 0.717) is 70.6 Å². The van der Waals surface area contributed by atoms with Gasteiger partial charge in [-0.05, 0) is 159 Å². The molecule has 7 aliphatic carbocycles. The Morgan fingerprint density at radius 3 is 2.23 bits per heavy atom. The Bertz CT molecular complexity index is 2480. The van der Waals surface area contributed by atoms with Crippen molar-refractivity contribution < 1.29 is 59.9 Å². The van der Waals surface area contributed by atoms with Crippen LogP contribution in [0.15, 0.2) is 36.7 Å². The average Bonchev–Trinajstić information content (AvgIpc) is 1.74. The van der Waals surface area contributed by atoms with Crippen molar-refractivity contribution in [1.82, 2.24) is 25.3 Å². The fourth-order valence-electron chi connectivity index (χ4n) is 20.6. The molecule has 8 fully saturated rings. The summed E-state index contributed by atoms with van der Waals surface area (Å²) in [5.41, 5.74) is 3.82. The van der Waals surface area contributed by atoms with Crippen LogP contribution in [0.5, 0.6) is 0 Å². The molecule has 1 amide bonds. The van der Waals surface area contributed by atoms with Gasteiger partial charge >= 0.3 is 5.97 Å². The molecule has 6 saturated carbocycles. The number of amides is 1. The summed E-state index contributed by atoms with van der Waals surface area (Å²) < 4.78 is 13.0. The van der Waals surface area contributed by atoms with Crippen molar-refractivity contribution >= 4 is 11.9 Å². The zero-order chi connectivity index (χ0) is 55.4. The number of carbonyl (C=O) groups is 2. The molecule has 2 saturated heterocycles. The van der Waals surface area contributed by atoms with Crippen LogP contribution in [0.1, 0.15) is 167 Å². The van der Waals surface area contributed by atoms with Gasteiger partial charge in [0.05, 0.1) is 48.9 Å². The van der Waals surface area contributed by atoms with E-state index in [0.717, 1.165) is 62.8 Å². The first-order valence-corrected chi connectivity index (χ1v) is 30.0. The fraction of sp³-hybridized carbons (Fsp3) is 0.833. The highest BCUT2D eigenvalue weighted by atomic mass is 16.7. The normalized spacial score (nSPS) is 46.1. The molecule has 18 nitrogen and oxygen atoms in total. The first-order chi connectivity index (χ1) is 37.2. The highest BCUT2D eigenvalue weighted by Gasteiger charge is 2.78. The summed E-state index contributed by atoms with van der Waals surface area (Å²) in [7, 11) is 0. The average molecular weight is 1090 g/mol. The number of ether oxygens (including phenoxy) is 2. The number of hydrogen-bond donors (Lipinski definition) is 12. The number of aliphatic hydroxyl groups is 7. The van der Waals surface area contributed by atoms with E-state index in [1.54, 1.807) is 18.9 Å². The molecule has 0 aromatic carbocycles. The number of fused-ring (bicyclic) bond motifs is 7. The van der Waals surface area contributed by atoms with Gasteiger partial charge in [-0.2, -0.15) is 0 Å². The summed E-state index contributed by atoms with van der Waals surface area (Å²) in [4.78, 5) is 45.1. The second-order valence-corrected chi connectivity index (χ2v) is 27.9. The number of carboxylic acids is 1. The van der Waals surface area contributed by atoms with Gasteiger partial charge in [0.15, 0.2) is 6.29 Å². The van der Waals surface area contributed by atoms with Crippen LogP contribution < -0.4 is 11.1 Å². The van der Waals surface area contributed by atoms with E-state index in [4.69, 9.17) is 15.2 Å². The van der Waals surface area contributed by atoms with Gasteiger partial charge < -0.3 is 71.3 Å². The molecule has 2 aromatic heterocycles. The number of aliphatic carboxylic acids is 1. The number of carbonyl (C=O) groups excluding carboxylic acids is 1. The smallest absolute Gasteiger partial charge is 0.310 e. The highest BCUT2D eigenvalue weighted by Crippen LogP contribution is 2.80. The molecule has 4 heterocycles. The van der Waals surface area contributed by atoms with E-state index in [1.165, 1.54) is 5.57 Å². The number of carboxylic acid groups (broad SMARTS) is 1. The molecular formula is C60H92N6O12. The molecule has 78 heavy (non-hydrogen) atoms. The molecule has 0 bridgehead atoms. The quantitative estimate of drug-likeness (QED) is 0.0618. The Morgan fingerprint density at radius 1 is 0.846 bits per heavy atom. The van der Waals surface area contributed by atoms with Gasteiger partial charge in [-0.1, -0.05) is 71.4 Å². The second kappa shape index (κ2) is 20.8. The maximum absolute atomic E-state index is 15.2. The van der Waals surface area contributed by atoms with E-state index in [-0.39, 0.29) is 73.6 Å². The molecular weight excluding hydrogens is 997 g/mol. The summed E-state index contributed by atoms with van der Waals surface area (Å²) >= 11 is 0. The largest absolute Gasteiger partial charge is 0.481 e. The van der Waals surface area contributed by atoms with Gasteiger partial charge in [-0.3, -0.25) is 9.59 Å². The summed E-state index contributed by atoms with van der Waals surface area (Å²) in [6.07, 6.45) is 13.7. The van der Waals surface area contributed by atoms with E-state index < -0.39 is 98.9 Å². The summed E-state index contributed by atoms with van der Waals surface area (Å²) in [6.45, 7) is 8.34. The van der Waals surface area contributed by atoms with E-state index in [9.17, 15) is 45.6 Å². The summed E-state index contributed by atoms with van der Waals surface area (Å²) in [5.74, 6) is -2.76. The van der Waals surface area contributed by atoms with E-state index in [2.05, 4.69) is 52.1 Å². The number of H-pyrrole nitrogens is 2. The van der Waals surface area contributed by atoms with Gasteiger partial charge in [0.2, 0.25) is 5.91 Å². The van der Waals surface area contributed by atoms with Crippen molar-refractivity contribution in [1.29, 1.82) is 0 Å². The Hall–Kier alpha value is -3.30. The minimum atomic E-state index is -1.65. The van der Waals surface area contributed by atoms with Crippen LogP contribution in [0.3, 0.4) is 0 Å². The number of nitrogens with zero attached hydrogens (tertiary/aromatic N) is 2. The molecule has 2 aliphatic heterocycles. The lowest BCUT2D eigenvalue weighted by molar-refractivity contribution is -0.351. The van der Waals surface area contributed by atoms with E-state index >= 15 is 4.79 Å². The molecule has 9 aliphatic rings. The summed E-state index contributed by atoms with van der Waals surface area (Å²) in [6, 6.07) is -0.437. The standard InChI is InChI=1S/C60H92N6O12/c1-54(29-67)20-21-59(53(75)76)24-34(22-35-26-62-31-64-35)57(4)37(40(59)25-54)13-14-44-56(57,3)19-16-43-55(2,30-68)50(78-51-49(73)48(72)42(69)28-77-51)47(71)39(60(43,44)33-10-6-5-7-11-33)23-38-46(66-52(74)58(38)17-8-9-18-58)36(12-15-45(61)70)41-27-63-32-65-41/h13,26-27,31-34,36,38-40,42-51,67-73H,5-12,14-25,28-30,61H2,1-4H3,(H,62,64)(H,63,65)(H,66,74)(H,75,76)/t34-,36+,38-,39+,40-,42+,43+,44-,45-,46+,47+,48-,49+,50+,51-,54-,55-,56+,57+,59-,60-/m0/s1. The first kappa shape index (κ1) is 56.6. The minimum absolute atomic E-state index is 0.0000109. The number of aliphatic hydroxyl groups excluding tert-OH is 7. The van der Waals surface area contributed by atoms with Crippen molar-refractivity contribution in [3.8, 4) is 0 Å². The van der Waals surface area contributed by atoms with Crippen LogP contribution in [0.25, 0.3) is 0 Å². The fourth-order valence-corrected chi connectivity index (χ4v) is 20.6. The Morgan fingerprint density at radius 2 is 1.58 bits per heavy atom. The van der Waals surface area contributed by atoms with Crippen LogP contribution in [-0.2, 0) is 25.5 Å². The molecule has 11 rings (SSSR count).